The van der Waals surface area contributed by atoms with Crippen LogP contribution in [0.5, 0.6) is 0 Å². The van der Waals surface area contributed by atoms with Crippen molar-refractivity contribution in [1.82, 2.24) is 0 Å². The van der Waals surface area contributed by atoms with Gasteiger partial charge in [0.2, 0.25) is 0 Å². The third-order valence-electron chi connectivity index (χ3n) is 9.54. The molecule has 1 N–H and O–H groups in total. The second kappa shape index (κ2) is 5.75. The van der Waals surface area contributed by atoms with Crippen LogP contribution in [0.1, 0.15) is 72.1 Å². The first-order chi connectivity index (χ1) is 13.7. The molecule has 5 nitrogen and oxygen atoms in total. The van der Waals surface area contributed by atoms with Crippen LogP contribution in [0.4, 0.5) is 0 Å². The number of aliphatic carboxylic acids is 1. The van der Waals surface area contributed by atoms with E-state index in [0.717, 1.165) is 56.9 Å². The van der Waals surface area contributed by atoms with Gasteiger partial charge in [-0.25, -0.2) is 4.79 Å². The van der Waals surface area contributed by atoms with Gasteiger partial charge in [0.05, 0.1) is 5.41 Å². The molecule has 5 aliphatic rings. The minimum Gasteiger partial charge on any atom is -0.481 e. The molecule has 158 valence electrons. The molecule has 1 heterocycles. The van der Waals surface area contributed by atoms with E-state index >= 15 is 0 Å². The van der Waals surface area contributed by atoms with Crippen molar-refractivity contribution in [3.05, 3.63) is 23.8 Å². The van der Waals surface area contributed by atoms with Crippen molar-refractivity contribution in [1.29, 1.82) is 0 Å². The lowest BCUT2D eigenvalue weighted by Crippen LogP contribution is -2.61. The van der Waals surface area contributed by atoms with Gasteiger partial charge in [0, 0.05) is 16.9 Å². The summed E-state index contributed by atoms with van der Waals surface area (Å²) in [6.45, 7) is 9.91. The highest BCUT2D eigenvalue weighted by Gasteiger charge is 2.88. The van der Waals surface area contributed by atoms with Gasteiger partial charge in [-0.3, -0.25) is 4.79 Å². The van der Waals surface area contributed by atoms with E-state index in [1.165, 1.54) is 0 Å². The molecule has 1 aliphatic heterocycles. The molecule has 2 bridgehead atoms. The Morgan fingerprint density at radius 3 is 2.69 bits per heavy atom. The molecule has 0 aromatic carbocycles. The van der Waals surface area contributed by atoms with Gasteiger partial charge in [-0.05, 0) is 83.6 Å². The summed E-state index contributed by atoms with van der Waals surface area (Å²) >= 11 is 0. The molecule has 0 aromatic heterocycles. The van der Waals surface area contributed by atoms with E-state index in [0.29, 0.717) is 11.5 Å². The molecule has 5 rings (SSSR count). The summed E-state index contributed by atoms with van der Waals surface area (Å²) < 4.78 is 12.9. The Bertz CT molecular complexity index is 844. The Hall–Kier alpha value is -1.62. The SMILES string of the molecule is C=C1[C@@H]2CC[C@]34O[C@@]35CCC[C@@](C)(C(=O)O)[C@H]5CC[C@]4(C2)[C@H]1OC(=O)/C(C)=C/C. The predicted octanol–water partition coefficient (Wildman–Crippen LogP) is 4.41. The van der Waals surface area contributed by atoms with Gasteiger partial charge < -0.3 is 14.6 Å². The number of carbonyl (C=O) groups excluding carboxylic acids is 1. The maximum absolute atomic E-state index is 12.7. The van der Waals surface area contributed by atoms with Gasteiger partial charge in [0.15, 0.2) is 0 Å². The van der Waals surface area contributed by atoms with Gasteiger partial charge in [0.1, 0.15) is 17.3 Å². The van der Waals surface area contributed by atoms with Crippen LogP contribution < -0.4 is 0 Å². The van der Waals surface area contributed by atoms with E-state index in [2.05, 4.69) is 6.58 Å². The highest BCUT2D eigenvalue weighted by molar-refractivity contribution is 5.88. The lowest BCUT2D eigenvalue weighted by Gasteiger charge is -2.53. The lowest BCUT2D eigenvalue weighted by molar-refractivity contribution is -0.161. The van der Waals surface area contributed by atoms with Crippen LogP contribution in [-0.4, -0.2) is 34.4 Å². The van der Waals surface area contributed by atoms with E-state index in [1.807, 2.05) is 13.8 Å². The second-order valence-electron chi connectivity index (χ2n) is 10.4. The van der Waals surface area contributed by atoms with Crippen molar-refractivity contribution in [2.24, 2.45) is 22.7 Å². The number of carbonyl (C=O) groups is 2. The third kappa shape index (κ3) is 2.05. The van der Waals surface area contributed by atoms with Crippen molar-refractivity contribution in [2.45, 2.75) is 89.4 Å². The average Bonchev–Trinajstić information content (AvgIpc) is 3.30. The van der Waals surface area contributed by atoms with Crippen LogP contribution >= 0.6 is 0 Å². The maximum Gasteiger partial charge on any atom is 0.333 e. The maximum atomic E-state index is 12.7. The van der Waals surface area contributed by atoms with Crippen LogP contribution in [0.3, 0.4) is 0 Å². The first-order valence-electron chi connectivity index (χ1n) is 11.1. The fraction of sp³-hybridized carbons (Fsp3) is 0.750. The fourth-order valence-electron chi connectivity index (χ4n) is 7.95. The predicted molar refractivity (Wildman–Crippen MR) is 107 cm³/mol. The summed E-state index contributed by atoms with van der Waals surface area (Å²) in [5, 5.41) is 10.0. The molecule has 0 amide bonds. The van der Waals surface area contributed by atoms with Crippen molar-refractivity contribution >= 4 is 11.9 Å². The number of rotatable bonds is 3. The zero-order valence-electron chi connectivity index (χ0n) is 17.8. The molecule has 5 heteroatoms. The molecule has 4 aliphatic carbocycles. The monoisotopic (exact) mass is 400 g/mol. The Labute approximate surface area is 172 Å². The molecule has 4 saturated carbocycles. The van der Waals surface area contributed by atoms with Crippen molar-refractivity contribution in [3.8, 4) is 0 Å². The second-order valence-corrected chi connectivity index (χ2v) is 10.4. The molecule has 29 heavy (non-hydrogen) atoms. The largest absolute Gasteiger partial charge is 0.481 e. The van der Waals surface area contributed by atoms with Gasteiger partial charge in [-0.2, -0.15) is 0 Å². The zero-order valence-corrected chi connectivity index (χ0v) is 17.8. The molecule has 5 fully saturated rings. The number of epoxide rings is 1. The summed E-state index contributed by atoms with van der Waals surface area (Å²) in [5.41, 5.74) is -0.0499. The Kier molecular flexibility index (Phi) is 3.83. The summed E-state index contributed by atoms with van der Waals surface area (Å²) in [7, 11) is 0. The molecule has 0 unspecified atom stereocenters. The van der Waals surface area contributed by atoms with E-state index in [-0.39, 0.29) is 34.6 Å². The lowest BCUT2D eigenvalue weighted by atomic mass is 9.46. The third-order valence-corrected chi connectivity index (χ3v) is 9.54. The number of carboxylic acid groups (broad SMARTS) is 1. The Balaban J connectivity index is 1.55. The van der Waals surface area contributed by atoms with Crippen molar-refractivity contribution in [2.75, 3.05) is 0 Å². The Morgan fingerprint density at radius 1 is 1.24 bits per heavy atom. The smallest absolute Gasteiger partial charge is 0.333 e. The van der Waals surface area contributed by atoms with Crippen LogP contribution in [0.2, 0.25) is 0 Å². The summed E-state index contributed by atoms with van der Waals surface area (Å²) in [5.74, 6) is -0.562. The van der Waals surface area contributed by atoms with E-state index in [9.17, 15) is 14.7 Å². The normalized spacial score (nSPS) is 50.2. The van der Waals surface area contributed by atoms with Crippen molar-refractivity contribution in [3.63, 3.8) is 0 Å². The minimum atomic E-state index is -0.733. The van der Waals surface area contributed by atoms with Crippen LogP contribution in [-0.2, 0) is 19.1 Å². The van der Waals surface area contributed by atoms with Crippen LogP contribution in [0, 0.1) is 22.7 Å². The molecule has 3 spiro atoms. The van der Waals surface area contributed by atoms with Crippen LogP contribution in [0.15, 0.2) is 23.8 Å². The number of esters is 1. The van der Waals surface area contributed by atoms with E-state index < -0.39 is 11.4 Å². The van der Waals surface area contributed by atoms with Gasteiger partial charge in [0.25, 0.3) is 0 Å². The summed E-state index contributed by atoms with van der Waals surface area (Å²) in [4.78, 5) is 24.9. The first kappa shape index (κ1) is 19.3. The molecular weight excluding hydrogens is 368 g/mol. The topological polar surface area (TPSA) is 76.1 Å². The number of allylic oxidation sites excluding steroid dienone is 1. The van der Waals surface area contributed by atoms with E-state index in [1.54, 1.807) is 13.0 Å². The molecule has 0 aromatic rings. The molecular formula is C24H32O5. The molecule has 0 radical (unpaired) electrons. The summed E-state index contributed by atoms with van der Waals surface area (Å²) in [6.07, 6.45) is 8.53. The molecule has 1 saturated heterocycles. The van der Waals surface area contributed by atoms with Gasteiger partial charge in [-0.1, -0.05) is 12.7 Å². The number of ether oxygens (including phenoxy) is 2. The Morgan fingerprint density at radius 2 is 2.00 bits per heavy atom. The standard InChI is InChI=1S/C24H32O5/c1-5-14(2)19(25)28-18-15(3)16-7-12-24-22(18,13-16)11-8-17-21(4,20(26)27)9-6-10-23(17,24)29-24/h5,16-18H,3,6-13H2,1-2,4H3,(H,26,27)/b14-5+/t16-,17-,18+,21-,22+,23-,24-/m1/s1. The average molecular weight is 401 g/mol. The van der Waals surface area contributed by atoms with Crippen LogP contribution in [0.25, 0.3) is 0 Å². The zero-order chi connectivity index (χ0) is 20.8. The first-order valence-corrected chi connectivity index (χ1v) is 11.1. The quantitative estimate of drug-likeness (QED) is 0.329. The highest BCUT2D eigenvalue weighted by Crippen LogP contribution is 2.81. The molecule has 7 atom stereocenters. The number of hydrogen-bond donors (Lipinski definition) is 1. The van der Waals surface area contributed by atoms with Gasteiger partial charge in [-0.15, -0.1) is 0 Å². The van der Waals surface area contributed by atoms with Crippen molar-refractivity contribution < 1.29 is 24.2 Å². The number of fused-ring (bicyclic) bond motifs is 1. The minimum absolute atomic E-state index is 0.0333. The number of carboxylic acids is 1. The van der Waals surface area contributed by atoms with E-state index in [4.69, 9.17) is 9.47 Å². The highest BCUT2D eigenvalue weighted by atomic mass is 16.6. The van der Waals surface area contributed by atoms with Gasteiger partial charge >= 0.3 is 11.9 Å². The fourth-order valence-corrected chi connectivity index (χ4v) is 7.95. The number of hydrogen-bond acceptors (Lipinski definition) is 4. The summed E-state index contributed by atoms with van der Waals surface area (Å²) in [6, 6.07) is 0.